The van der Waals surface area contributed by atoms with Gasteiger partial charge in [0.05, 0.1) is 6.61 Å². The fraction of sp³-hybridized carbons (Fsp3) is 0.625. The van der Waals surface area contributed by atoms with Crippen LogP contribution in [-0.4, -0.2) is 31.5 Å². The van der Waals surface area contributed by atoms with Crippen LogP contribution in [0.25, 0.3) is 0 Å². The molecule has 0 saturated heterocycles. The van der Waals surface area contributed by atoms with Gasteiger partial charge < -0.3 is 15.6 Å². The van der Waals surface area contributed by atoms with E-state index in [1.54, 1.807) is 0 Å². The molecule has 0 aliphatic rings. The summed E-state index contributed by atoms with van der Waals surface area (Å²) in [7, 11) is 0. The number of aliphatic hydroxyl groups is 1. The van der Waals surface area contributed by atoms with Gasteiger partial charge in [0.25, 0.3) is 0 Å². The van der Waals surface area contributed by atoms with Crippen LogP contribution in [-0.2, 0) is 10.2 Å². The SMILES string of the molecule is Cc1ccccc1C(CN)(CO)CCOCC(C)C. The summed E-state index contributed by atoms with van der Waals surface area (Å²) < 4.78 is 5.65. The highest BCUT2D eigenvalue weighted by Crippen LogP contribution is 2.29. The van der Waals surface area contributed by atoms with Crippen LogP contribution in [0.4, 0.5) is 0 Å². The van der Waals surface area contributed by atoms with Gasteiger partial charge in [0, 0.05) is 25.2 Å². The number of aliphatic hydroxyl groups excluding tert-OH is 1. The lowest BCUT2D eigenvalue weighted by molar-refractivity contribution is 0.0788. The van der Waals surface area contributed by atoms with Crippen LogP contribution >= 0.6 is 0 Å². The van der Waals surface area contributed by atoms with E-state index in [4.69, 9.17) is 10.5 Å². The molecule has 19 heavy (non-hydrogen) atoms. The van der Waals surface area contributed by atoms with Crippen molar-refractivity contribution < 1.29 is 9.84 Å². The van der Waals surface area contributed by atoms with Crippen LogP contribution in [0.1, 0.15) is 31.4 Å². The van der Waals surface area contributed by atoms with Crippen LogP contribution in [0.5, 0.6) is 0 Å². The lowest BCUT2D eigenvalue weighted by atomic mass is 9.76. The van der Waals surface area contributed by atoms with E-state index in [2.05, 4.69) is 32.9 Å². The first-order valence-corrected chi connectivity index (χ1v) is 7.00. The molecule has 0 fully saturated rings. The van der Waals surface area contributed by atoms with Crippen molar-refractivity contribution in [3.8, 4) is 0 Å². The van der Waals surface area contributed by atoms with E-state index in [1.165, 1.54) is 5.56 Å². The van der Waals surface area contributed by atoms with E-state index >= 15 is 0 Å². The third-order valence-corrected chi connectivity index (χ3v) is 3.59. The smallest absolute Gasteiger partial charge is 0.0541 e. The summed E-state index contributed by atoms with van der Waals surface area (Å²) >= 11 is 0. The minimum absolute atomic E-state index is 0.0550. The van der Waals surface area contributed by atoms with Crippen molar-refractivity contribution in [2.24, 2.45) is 11.7 Å². The van der Waals surface area contributed by atoms with Crippen molar-refractivity contribution in [3.05, 3.63) is 35.4 Å². The Labute approximate surface area is 116 Å². The van der Waals surface area contributed by atoms with Crippen LogP contribution in [0.2, 0.25) is 0 Å². The van der Waals surface area contributed by atoms with Gasteiger partial charge in [0.15, 0.2) is 0 Å². The molecule has 0 radical (unpaired) electrons. The molecule has 3 nitrogen and oxygen atoms in total. The molecule has 0 aliphatic heterocycles. The van der Waals surface area contributed by atoms with E-state index in [1.807, 2.05) is 12.1 Å². The van der Waals surface area contributed by atoms with Crippen LogP contribution < -0.4 is 5.73 Å². The molecule has 0 heterocycles. The summed E-state index contributed by atoms with van der Waals surface area (Å²) in [5.74, 6) is 0.528. The predicted molar refractivity (Wildman–Crippen MR) is 79.3 cm³/mol. The molecular weight excluding hydrogens is 238 g/mol. The second-order valence-electron chi connectivity index (χ2n) is 5.68. The third kappa shape index (κ3) is 4.30. The Morgan fingerprint density at radius 3 is 2.53 bits per heavy atom. The first-order chi connectivity index (χ1) is 9.05. The summed E-state index contributed by atoms with van der Waals surface area (Å²) in [6.07, 6.45) is 0.748. The minimum atomic E-state index is -0.387. The van der Waals surface area contributed by atoms with Gasteiger partial charge in [0.1, 0.15) is 0 Å². The Kier molecular flexibility index (Phi) is 6.49. The molecule has 3 heteroatoms. The van der Waals surface area contributed by atoms with Crippen LogP contribution in [0.3, 0.4) is 0 Å². The Hall–Kier alpha value is -0.900. The lowest BCUT2D eigenvalue weighted by Crippen LogP contribution is -2.40. The maximum atomic E-state index is 9.83. The van der Waals surface area contributed by atoms with E-state index in [0.29, 0.717) is 19.1 Å². The molecule has 0 saturated carbocycles. The molecule has 0 bridgehead atoms. The molecule has 3 N–H and O–H groups in total. The summed E-state index contributed by atoms with van der Waals surface area (Å²) in [6.45, 7) is 8.18. The molecule has 1 aromatic carbocycles. The molecular formula is C16H27NO2. The Bertz CT molecular complexity index is 373. The number of hydrogen-bond donors (Lipinski definition) is 2. The first kappa shape index (κ1) is 16.2. The van der Waals surface area contributed by atoms with E-state index in [-0.39, 0.29) is 12.0 Å². The second kappa shape index (κ2) is 7.63. The predicted octanol–water partition coefficient (Wildman–Crippen LogP) is 2.25. The zero-order chi connectivity index (χ0) is 14.3. The van der Waals surface area contributed by atoms with E-state index in [0.717, 1.165) is 18.6 Å². The normalized spacial score (nSPS) is 14.6. The third-order valence-electron chi connectivity index (χ3n) is 3.59. The number of hydrogen-bond acceptors (Lipinski definition) is 3. The molecule has 1 unspecified atom stereocenters. The zero-order valence-corrected chi connectivity index (χ0v) is 12.4. The van der Waals surface area contributed by atoms with Crippen molar-refractivity contribution in [1.29, 1.82) is 0 Å². The number of rotatable bonds is 8. The van der Waals surface area contributed by atoms with Crippen molar-refractivity contribution in [3.63, 3.8) is 0 Å². The highest BCUT2D eigenvalue weighted by molar-refractivity contribution is 5.34. The van der Waals surface area contributed by atoms with Gasteiger partial charge in [-0.05, 0) is 30.4 Å². The number of nitrogens with two attached hydrogens (primary N) is 1. The van der Waals surface area contributed by atoms with Gasteiger partial charge in [-0.25, -0.2) is 0 Å². The van der Waals surface area contributed by atoms with Crippen molar-refractivity contribution in [1.82, 2.24) is 0 Å². The topological polar surface area (TPSA) is 55.5 Å². The Morgan fingerprint density at radius 1 is 1.32 bits per heavy atom. The number of aryl methyl sites for hydroxylation is 1. The van der Waals surface area contributed by atoms with Crippen molar-refractivity contribution in [2.75, 3.05) is 26.4 Å². The van der Waals surface area contributed by atoms with Gasteiger partial charge in [-0.3, -0.25) is 0 Å². The Morgan fingerprint density at radius 2 is 2.00 bits per heavy atom. The monoisotopic (exact) mass is 265 g/mol. The van der Waals surface area contributed by atoms with Gasteiger partial charge in [0.2, 0.25) is 0 Å². The highest BCUT2D eigenvalue weighted by Gasteiger charge is 2.31. The minimum Gasteiger partial charge on any atom is -0.395 e. The lowest BCUT2D eigenvalue weighted by Gasteiger charge is -2.32. The summed E-state index contributed by atoms with van der Waals surface area (Å²) in [5.41, 5.74) is 7.86. The average molecular weight is 265 g/mol. The van der Waals surface area contributed by atoms with E-state index < -0.39 is 0 Å². The standard InChI is InChI=1S/C16H27NO2/c1-13(2)10-19-9-8-16(11-17,12-18)15-7-5-4-6-14(15)3/h4-7,13,18H,8-12,17H2,1-3H3. The summed E-state index contributed by atoms with van der Waals surface area (Å²) in [6, 6.07) is 8.12. The highest BCUT2D eigenvalue weighted by atomic mass is 16.5. The summed E-state index contributed by atoms with van der Waals surface area (Å²) in [5, 5.41) is 9.83. The average Bonchev–Trinajstić information content (AvgIpc) is 2.40. The second-order valence-corrected chi connectivity index (χ2v) is 5.68. The molecule has 0 aromatic heterocycles. The molecule has 0 amide bonds. The van der Waals surface area contributed by atoms with Crippen molar-refractivity contribution >= 4 is 0 Å². The molecule has 1 rings (SSSR count). The first-order valence-electron chi connectivity index (χ1n) is 7.00. The molecule has 0 aliphatic carbocycles. The van der Waals surface area contributed by atoms with E-state index in [9.17, 15) is 5.11 Å². The van der Waals surface area contributed by atoms with Crippen LogP contribution in [0, 0.1) is 12.8 Å². The fourth-order valence-corrected chi connectivity index (χ4v) is 2.33. The zero-order valence-electron chi connectivity index (χ0n) is 12.4. The van der Waals surface area contributed by atoms with Crippen LogP contribution in [0.15, 0.2) is 24.3 Å². The molecule has 1 aromatic rings. The molecule has 1 atom stereocenters. The van der Waals surface area contributed by atoms with Gasteiger partial charge in [-0.2, -0.15) is 0 Å². The largest absolute Gasteiger partial charge is 0.395 e. The molecule has 0 spiro atoms. The number of benzene rings is 1. The van der Waals surface area contributed by atoms with Gasteiger partial charge >= 0.3 is 0 Å². The maximum Gasteiger partial charge on any atom is 0.0541 e. The van der Waals surface area contributed by atoms with Gasteiger partial charge in [-0.1, -0.05) is 38.1 Å². The van der Waals surface area contributed by atoms with Gasteiger partial charge in [-0.15, -0.1) is 0 Å². The molecule has 108 valence electrons. The quantitative estimate of drug-likeness (QED) is 0.709. The maximum absolute atomic E-state index is 9.83. The fourth-order valence-electron chi connectivity index (χ4n) is 2.33. The number of ether oxygens (including phenoxy) is 1. The Balaban J connectivity index is 2.77. The van der Waals surface area contributed by atoms with Crippen molar-refractivity contribution in [2.45, 2.75) is 32.6 Å². The summed E-state index contributed by atoms with van der Waals surface area (Å²) in [4.78, 5) is 0.